The Morgan fingerprint density at radius 2 is 1.55 bits per heavy atom. The van der Waals surface area contributed by atoms with Crippen LogP contribution in [0.2, 0.25) is 0 Å². The van der Waals surface area contributed by atoms with Crippen molar-refractivity contribution >= 4 is 23.0 Å². The van der Waals surface area contributed by atoms with Gasteiger partial charge in [-0.05, 0) is 68.2 Å². The van der Waals surface area contributed by atoms with Gasteiger partial charge in [0.05, 0.1) is 29.9 Å². The third-order valence-corrected chi connectivity index (χ3v) is 7.38. The standard InChI is InChI=1S/C15H24N2O.C13H26.C7H8N2/c1-4-6-10-17(14-8-7-9-16-12-14)15(18)11-13(3)5-2;1-6-8-12(4)10-13(5)9-11(3)7-2;1-2-4-7-6(3-1)8-5-9-7/h7-9,12-13H,4-6,10-11H2,1-3H3;10-12H,6-9H2,1-5H3;1-4,8-9H,5H2/b;13-10-;. The van der Waals surface area contributed by atoms with Crippen molar-refractivity contribution in [1.29, 1.82) is 0 Å². The number of pyridine rings is 1. The number of anilines is 3. The van der Waals surface area contributed by atoms with Crippen LogP contribution in [0.5, 0.6) is 0 Å². The molecule has 1 aromatic heterocycles. The monoisotopic (exact) mass is 550 g/mol. The van der Waals surface area contributed by atoms with Gasteiger partial charge in [0.2, 0.25) is 5.91 Å². The average molecular weight is 551 g/mol. The number of fused-ring (bicyclic) bond motifs is 1. The van der Waals surface area contributed by atoms with Crippen LogP contribution in [0, 0.1) is 17.8 Å². The molecule has 0 radical (unpaired) electrons. The molecular formula is C35H58N4O. The zero-order valence-corrected chi connectivity index (χ0v) is 26.8. The number of rotatable bonds is 13. The van der Waals surface area contributed by atoms with Crippen molar-refractivity contribution in [2.75, 3.05) is 28.7 Å². The molecule has 0 saturated heterocycles. The summed E-state index contributed by atoms with van der Waals surface area (Å²) in [4.78, 5) is 18.3. The van der Waals surface area contributed by atoms with E-state index in [0.717, 1.165) is 50.0 Å². The molecular weight excluding hydrogens is 492 g/mol. The maximum Gasteiger partial charge on any atom is 0.227 e. The van der Waals surface area contributed by atoms with Crippen LogP contribution < -0.4 is 15.5 Å². The number of benzene rings is 1. The van der Waals surface area contributed by atoms with Gasteiger partial charge in [0, 0.05) is 19.2 Å². The minimum atomic E-state index is 0.214. The molecule has 5 heteroatoms. The number of amides is 1. The fourth-order valence-corrected chi connectivity index (χ4v) is 4.59. The maximum atomic E-state index is 12.3. The van der Waals surface area contributed by atoms with E-state index in [1.165, 1.54) is 37.1 Å². The van der Waals surface area contributed by atoms with E-state index in [0.29, 0.717) is 12.3 Å². The summed E-state index contributed by atoms with van der Waals surface area (Å²) in [5.74, 6) is 2.28. The first-order valence-electron chi connectivity index (χ1n) is 15.7. The van der Waals surface area contributed by atoms with Crippen LogP contribution >= 0.6 is 0 Å². The summed E-state index contributed by atoms with van der Waals surface area (Å²) in [6.07, 6.45) is 15.0. The highest BCUT2D eigenvalue weighted by molar-refractivity contribution is 5.93. The Morgan fingerprint density at radius 1 is 0.925 bits per heavy atom. The van der Waals surface area contributed by atoms with Gasteiger partial charge in [0.25, 0.3) is 0 Å². The van der Waals surface area contributed by atoms with Crippen molar-refractivity contribution in [3.63, 3.8) is 0 Å². The Morgan fingerprint density at radius 3 is 2.08 bits per heavy atom. The number of nitrogens with one attached hydrogen (secondary N) is 2. The first kappa shape index (κ1) is 35.2. The van der Waals surface area contributed by atoms with E-state index < -0.39 is 0 Å². The minimum absolute atomic E-state index is 0.214. The van der Waals surface area contributed by atoms with Crippen LogP contribution in [0.4, 0.5) is 17.1 Å². The Kier molecular flexibility index (Phi) is 18.5. The van der Waals surface area contributed by atoms with E-state index >= 15 is 0 Å². The van der Waals surface area contributed by atoms with Gasteiger partial charge in [-0.15, -0.1) is 0 Å². The van der Waals surface area contributed by atoms with Crippen LogP contribution in [-0.2, 0) is 4.79 Å². The highest BCUT2D eigenvalue weighted by Crippen LogP contribution is 2.24. The topological polar surface area (TPSA) is 57.3 Å². The van der Waals surface area contributed by atoms with Crippen LogP contribution in [-0.4, -0.2) is 24.1 Å². The predicted molar refractivity (Wildman–Crippen MR) is 176 cm³/mol. The highest BCUT2D eigenvalue weighted by atomic mass is 16.2. The van der Waals surface area contributed by atoms with Gasteiger partial charge in [-0.1, -0.05) is 97.9 Å². The lowest BCUT2D eigenvalue weighted by molar-refractivity contribution is -0.119. The molecule has 1 aromatic carbocycles. The smallest absolute Gasteiger partial charge is 0.227 e. The zero-order valence-electron chi connectivity index (χ0n) is 26.8. The molecule has 2 heterocycles. The molecule has 224 valence electrons. The molecule has 0 saturated carbocycles. The number of hydrogen-bond donors (Lipinski definition) is 2. The third-order valence-electron chi connectivity index (χ3n) is 7.38. The van der Waals surface area contributed by atoms with Gasteiger partial charge in [-0.2, -0.15) is 0 Å². The molecule has 0 bridgehead atoms. The SMILES string of the molecule is CCCC(C)/C=C(/C)CC(C)CC.CCCCN(C(=O)CC(C)CC)c1cccnc1.c1ccc2c(c1)NCN2. The fourth-order valence-electron chi connectivity index (χ4n) is 4.59. The summed E-state index contributed by atoms with van der Waals surface area (Å²) in [5.41, 5.74) is 4.91. The predicted octanol–water partition coefficient (Wildman–Crippen LogP) is 9.94. The van der Waals surface area contributed by atoms with E-state index in [-0.39, 0.29) is 5.91 Å². The number of aromatic nitrogens is 1. The lowest BCUT2D eigenvalue weighted by Crippen LogP contribution is -2.32. The Labute approximate surface area is 246 Å². The lowest BCUT2D eigenvalue weighted by atomic mass is 9.96. The molecule has 0 fully saturated rings. The number of para-hydroxylation sites is 2. The van der Waals surface area contributed by atoms with Gasteiger partial charge in [0.15, 0.2) is 0 Å². The second-order valence-corrected chi connectivity index (χ2v) is 11.4. The summed E-state index contributed by atoms with van der Waals surface area (Å²) in [5, 5.41) is 6.38. The van der Waals surface area contributed by atoms with Gasteiger partial charge >= 0.3 is 0 Å². The van der Waals surface area contributed by atoms with E-state index in [9.17, 15) is 4.79 Å². The van der Waals surface area contributed by atoms with Gasteiger partial charge in [-0.25, -0.2) is 0 Å². The van der Waals surface area contributed by atoms with Crippen LogP contribution in [0.25, 0.3) is 0 Å². The van der Waals surface area contributed by atoms with Crippen LogP contribution in [0.1, 0.15) is 107 Å². The van der Waals surface area contributed by atoms with Crippen molar-refractivity contribution < 1.29 is 4.79 Å². The number of nitrogens with zero attached hydrogens (tertiary/aromatic N) is 2. The Hall–Kier alpha value is -2.82. The molecule has 3 unspecified atom stereocenters. The Bertz CT molecular complexity index is 936. The fraction of sp³-hybridized carbons (Fsp3) is 0.600. The van der Waals surface area contributed by atoms with Gasteiger partial charge in [0.1, 0.15) is 0 Å². The van der Waals surface area contributed by atoms with E-state index in [4.69, 9.17) is 0 Å². The van der Waals surface area contributed by atoms with Crippen LogP contribution in [0.3, 0.4) is 0 Å². The number of unbranched alkanes of at least 4 members (excludes halogenated alkanes) is 1. The summed E-state index contributed by atoms with van der Waals surface area (Å²) < 4.78 is 0. The molecule has 1 aliphatic heterocycles. The average Bonchev–Trinajstić information content (AvgIpc) is 3.43. The molecule has 1 amide bonds. The second kappa shape index (κ2) is 21.0. The van der Waals surface area contributed by atoms with Crippen molar-refractivity contribution in [1.82, 2.24) is 4.98 Å². The van der Waals surface area contributed by atoms with Crippen LogP contribution in [0.15, 0.2) is 60.4 Å². The number of carbonyl (C=O) groups excluding carboxylic acids is 1. The van der Waals surface area contributed by atoms with Crippen molar-refractivity contribution in [3.05, 3.63) is 60.4 Å². The minimum Gasteiger partial charge on any atom is -0.366 e. The molecule has 3 atom stereocenters. The highest BCUT2D eigenvalue weighted by Gasteiger charge is 2.17. The third kappa shape index (κ3) is 14.5. The molecule has 40 heavy (non-hydrogen) atoms. The lowest BCUT2D eigenvalue weighted by Gasteiger charge is -2.23. The largest absolute Gasteiger partial charge is 0.366 e. The molecule has 2 N–H and O–H groups in total. The molecule has 2 aromatic rings. The first-order chi connectivity index (χ1) is 19.2. The van der Waals surface area contributed by atoms with E-state index in [1.54, 1.807) is 18.0 Å². The van der Waals surface area contributed by atoms with Gasteiger partial charge < -0.3 is 15.5 Å². The van der Waals surface area contributed by atoms with Crippen molar-refractivity contribution in [3.8, 4) is 0 Å². The molecule has 5 nitrogen and oxygen atoms in total. The first-order valence-corrected chi connectivity index (χ1v) is 15.7. The van der Waals surface area contributed by atoms with Crippen molar-refractivity contribution in [2.24, 2.45) is 17.8 Å². The second-order valence-electron chi connectivity index (χ2n) is 11.4. The van der Waals surface area contributed by atoms with Gasteiger partial charge in [-0.3, -0.25) is 9.78 Å². The summed E-state index contributed by atoms with van der Waals surface area (Å²) in [7, 11) is 0. The Balaban J connectivity index is 0.000000317. The van der Waals surface area contributed by atoms with Crippen molar-refractivity contribution in [2.45, 2.75) is 107 Å². The summed E-state index contributed by atoms with van der Waals surface area (Å²) >= 11 is 0. The van der Waals surface area contributed by atoms with E-state index in [2.05, 4.69) is 89.2 Å². The molecule has 3 rings (SSSR count). The quantitative estimate of drug-likeness (QED) is 0.244. The summed E-state index contributed by atoms with van der Waals surface area (Å²) in [6.45, 7) is 19.5. The molecule has 0 aliphatic carbocycles. The molecule has 0 spiro atoms. The maximum absolute atomic E-state index is 12.3. The summed E-state index contributed by atoms with van der Waals surface area (Å²) in [6, 6.07) is 12.0. The van der Waals surface area contributed by atoms with E-state index in [1.807, 2.05) is 29.2 Å². The molecule has 1 aliphatic rings. The zero-order chi connectivity index (χ0) is 29.8. The normalized spacial score (nSPS) is 14.2. The number of hydrogen-bond acceptors (Lipinski definition) is 4. The number of allylic oxidation sites excluding steroid dienone is 2. The number of carbonyl (C=O) groups is 1.